The molecule has 0 aromatic heterocycles. The number of methoxy groups -OCH3 is 1. The van der Waals surface area contributed by atoms with Crippen molar-refractivity contribution in [2.45, 2.75) is 18.9 Å². The third-order valence-corrected chi connectivity index (χ3v) is 3.83. The van der Waals surface area contributed by atoms with Crippen LogP contribution in [0, 0.1) is 0 Å². The Hall–Kier alpha value is -2.49. The monoisotopic (exact) mass is 298 g/mol. The Kier molecular flexibility index (Phi) is 4.00. The summed E-state index contributed by atoms with van der Waals surface area (Å²) in [5, 5.41) is 0. The summed E-state index contributed by atoms with van der Waals surface area (Å²) in [6, 6.07) is 15.5. The molecule has 1 aliphatic rings. The minimum atomic E-state index is -0.352. The van der Waals surface area contributed by atoms with Crippen molar-refractivity contribution in [1.29, 1.82) is 0 Å². The van der Waals surface area contributed by atoms with E-state index in [2.05, 4.69) is 0 Å². The van der Waals surface area contributed by atoms with Crippen LogP contribution in [-0.2, 0) is 9.53 Å². The largest absolute Gasteiger partial charge is 0.497 e. The van der Waals surface area contributed by atoms with Crippen LogP contribution in [0.25, 0.3) is 0 Å². The van der Waals surface area contributed by atoms with Crippen LogP contribution in [0.1, 0.15) is 30.1 Å². The lowest BCUT2D eigenvalue weighted by Gasteiger charge is -2.33. The van der Waals surface area contributed by atoms with Crippen LogP contribution in [0.5, 0.6) is 11.5 Å². The van der Waals surface area contributed by atoms with Gasteiger partial charge in [0.05, 0.1) is 19.6 Å². The van der Waals surface area contributed by atoms with Crippen molar-refractivity contribution in [3.8, 4) is 11.5 Å². The summed E-state index contributed by atoms with van der Waals surface area (Å²) in [5.74, 6) is 1.11. The van der Waals surface area contributed by atoms with E-state index >= 15 is 0 Å². The zero-order valence-corrected chi connectivity index (χ0v) is 12.6. The van der Waals surface area contributed by atoms with E-state index < -0.39 is 0 Å². The molecule has 0 N–H and O–H groups in total. The fourth-order valence-electron chi connectivity index (χ4n) is 2.78. The van der Waals surface area contributed by atoms with Gasteiger partial charge in [0.2, 0.25) is 0 Å². The first-order chi connectivity index (χ1) is 10.7. The molecule has 0 spiro atoms. The molecule has 2 atom stereocenters. The Balaban J connectivity index is 2.01. The van der Waals surface area contributed by atoms with Crippen molar-refractivity contribution in [3.05, 3.63) is 59.7 Å². The maximum atomic E-state index is 11.5. The summed E-state index contributed by atoms with van der Waals surface area (Å²) < 4.78 is 16.7. The lowest BCUT2D eigenvalue weighted by atomic mass is 9.87. The number of carbonyl (C=O) groups is 1. The van der Waals surface area contributed by atoms with Crippen molar-refractivity contribution in [3.63, 3.8) is 0 Å². The van der Waals surface area contributed by atoms with Gasteiger partial charge in [-0.25, -0.2) is 0 Å². The number of carbonyl (C=O) groups excluding carboxylic acids is 1. The lowest BCUT2D eigenvalue weighted by Crippen LogP contribution is -2.27. The highest BCUT2D eigenvalue weighted by atomic mass is 16.6. The van der Waals surface area contributed by atoms with Gasteiger partial charge in [-0.2, -0.15) is 0 Å². The number of benzene rings is 2. The molecular weight excluding hydrogens is 280 g/mol. The zero-order chi connectivity index (χ0) is 15.5. The van der Waals surface area contributed by atoms with E-state index in [0.717, 1.165) is 16.9 Å². The first-order valence-corrected chi connectivity index (χ1v) is 7.22. The predicted molar refractivity (Wildman–Crippen MR) is 82.2 cm³/mol. The van der Waals surface area contributed by atoms with E-state index in [9.17, 15) is 4.79 Å². The number of ether oxygens (including phenoxy) is 3. The zero-order valence-electron chi connectivity index (χ0n) is 12.6. The second kappa shape index (κ2) is 6.10. The topological polar surface area (TPSA) is 44.8 Å². The molecule has 4 heteroatoms. The molecule has 0 amide bonds. The molecular formula is C18H18O4. The Morgan fingerprint density at radius 3 is 2.64 bits per heavy atom. The number of esters is 1. The molecule has 0 unspecified atom stereocenters. The molecule has 0 fully saturated rings. The molecule has 22 heavy (non-hydrogen) atoms. The van der Waals surface area contributed by atoms with Gasteiger partial charge >= 0.3 is 5.97 Å². The molecule has 2 aromatic carbocycles. The van der Waals surface area contributed by atoms with Gasteiger partial charge in [-0.05, 0) is 17.7 Å². The van der Waals surface area contributed by atoms with Crippen molar-refractivity contribution in [1.82, 2.24) is 0 Å². The minimum Gasteiger partial charge on any atom is -0.497 e. The average Bonchev–Trinajstić information content (AvgIpc) is 2.55. The summed E-state index contributed by atoms with van der Waals surface area (Å²) in [6.07, 6.45) is -0.352. The van der Waals surface area contributed by atoms with Gasteiger partial charge in [0.25, 0.3) is 0 Å². The van der Waals surface area contributed by atoms with Crippen LogP contribution in [0.2, 0.25) is 0 Å². The maximum Gasteiger partial charge on any atom is 0.303 e. The van der Waals surface area contributed by atoms with Gasteiger partial charge in [-0.3, -0.25) is 4.79 Å². The highest BCUT2D eigenvalue weighted by Crippen LogP contribution is 2.44. The first kappa shape index (κ1) is 14.4. The first-order valence-electron chi connectivity index (χ1n) is 7.22. The molecule has 1 aliphatic heterocycles. The van der Waals surface area contributed by atoms with E-state index in [1.165, 1.54) is 6.92 Å². The SMILES string of the molecule is COc1ccc2c(c1)OC[C@H](c1ccccc1)[C@H]2OC(C)=O. The molecule has 0 bridgehead atoms. The number of rotatable bonds is 3. The quantitative estimate of drug-likeness (QED) is 0.814. The molecule has 4 nitrogen and oxygen atoms in total. The summed E-state index contributed by atoms with van der Waals surface area (Å²) in [6.45, 7) is 1.89. The minimum absolute atomic E-state index is 0.0222. The highest BCUT2D eigenvalue weighted by Gasteiger charge is 2.34. The smallest absolute Gasteiger partial charge is 0.303 e. The van der Waals surface area contributed by atoms with Crippen molar-refractivity contribution < 1.29 is 19.0 Å². The van der Waals surface area contributed by atoms with Crippen molar-refractivity contribution in [2.24, 2.45) is 0 Å². The van der Waals surface area contributed by atoms with Gasteiger partial charge in [0, 0.05) is 18.6 Å². The molecule has 0 aliphatic carbocycles. The van der Waals surface area contributed by atoms with Crippen LogP contribution in [-0.4, -0.2) is 19.7 Å². The van der Waals surface area contributed by atoms with E-state index in [1.807, 2.05) is 48.5 Å². The molecule has 0 radical (unpaired) electrons. The third-order valence-electron chi connectivity index (χ3n) is 3.83. The van der Waals surface area contributed by atoms with E-state index in [0.29, 0.717) is 12.4 Å². The Labute approximate surface area is 129 Å². The Morgan fingerprint density at radius 2 is 1.95 bits per heavy atom. The van der Waals surface area contributed by atoms with Gasteiger partial charge < -0.3 is 14.2 Å². The second-order valence-electron chi connectivity index (χ2n) is 5.26. The van der Waals surface area contributed by atoms with Crippen LogP contribution in [0.3, 0.4) is 0 Å². The molecule has 1 heterocycles. The van der Waals surface area contributed by atoms with Crippen LogP contribution in [0.4, 0.5) is 0 Å². The standard InChI is InChI=1S/C18H18O4/c1-12(19)22-18-15-9-8-14(20-2)10-17(15)21-11-16(18)13-6-4-3-5-7-13/h3-10,16,18H,11H2,1-2H3/t16-,18+/m1/s1. The highest BCUT2D eigenvalue weighted by molar-refractivity contribution is 5.67. The maximum absolute atomic E-state index is 11.5. The summed E-state index contributed by atoms with van der Waals surface area (Å²) >= 11 is 0. The van der Waals surface area contributed by atoms with E-state index in [1.54, 1.807) is 7.11 Å². The molecule has 3 rings (SSSR count). The lowest BCUT2D eigenvalue weighted by molar-refractivity contribution is -0.149. The summed E-state index contributed by atoms with van der Waals surface area (Å²) in [7, 11) is 1.61. The normalized spacial score (nSPS) is 19.7. The third kappa shape index (κ3) is 2.77. The molecule has 0 saturated heterocycles. The molecule has 0 saturated carbocycles. The predicted octanol–water partition coefficient (Wildman–Crippen LogP) is 3.48. The van der Waals surface area contributed by atoms with E-state index in [-0.39, 0.29) is 18.0 Å². The van der Waals surface area contributed by atoms with Crippen molar-refractivity contribution in [2.75, 3.05) is 13.7 Å². The fourth-order valence-corrected chi connectivity index (χ4v) is 2.78. The van der Waals surface area contributed by atoms with Crippen LogP contribution >= 0.6 is 0 Å². The Bertz CT molecular complexity index is 666. The molecule has 114 valence electrons. The van der Waals surface area contributed by atoms with Gasteiger partial charge in [0.15, 0.2) is 0 Å². The summed E-state index contributed by atoms with van der Waals surface area (Å²) in [5.41, 5.74) is 1.96. The van der Waals surface area contributed by atoms with Gasteiger partial charge in [-0.15, -0.1) is 0 Å². The Morgan fingerprint density at radius 1 is 1.18 bits per heavy atom. The number of hydrogen-bond donors (Lipinski definition) is 0. The average molecular weight is 298 g/mol. The van der Waals surface area contributed by atoms with Gasteiger partial charge in [-0.1, -0.05) is 30.3 Å². The van der Waals surface area contributed by atoms with Gasteiger partial charge in [0.1, 0.15) is 17.6 Å². The molecule has 2 aromatic rings. The van der Waals surface area contributed by atoms with Crippen LogP contribution < -0.4 is 9.47 Å². The number of hydrogen-bond acceptors (Lipinski definition) is 4. The van der Waals surface area contributed by atoms with Crippen LogP contribution in [0.15, 0.2) is 48.5 Å². The second-order valence-corrected chi connectivity index (χ2v) is 5.26. The summed E-state index contributed by atoms with van der Waals surface area (Å²) in [4.78, 5) is 11.5. The number of fused-ring (bicyclic) bond motifs is 1. The van der Waals surface area contributed by atoms with E-state index in [4.69, 9.17) is 14.2 Å². The van der Waals surface area contributed by atoms with Crippen molar-refractivity contribution >= 4 is 5.97 Å². The fraction of sp³-hybridized carbons (Fsp3) is 0.278.